The summed E-state index contributed by atoms with van der Waals surface area (Å²) in [7, 11) is 0. The fourth-order valence-corrected chi connectivity index (χ4v) is 5.18. The summed E-state index contributed by atoms with van der Waals surface area (Å²) < 4.78 is 11.4. The zero-order chi connectivity index (χ0) is 23.9. The van der Waals surface area contributed by atoms with Gasteiger partial charge in [-0.15, -0.1) is 11.3 Å². The maximum atomic E-state index is 13.7. The maximum absolute atomic E-state index is 13.7. The third-order valence-corrected chi connectivity index (χ3v) is 7.44. The molecule has 1 saturated heterocycles. The van der Waals surface area contributed by atoms with Crippen LogP contribution in [0.3, 0.4) is 0 Å². The van der Waals surface area contributed by atoms with Crippen molar-refractivity contribution in [3.05, 3.63) is 40.6 Å². The topological polar surface area (TPSA) is 71.1 Å². The first-order valence-corrected chi connectivity index (χ1v) is 13.2. The summed E-state index contributed by atoms with van der Waals surface area (Å²) >= 11 is 1.64. The molecule has 2 aromatic rings. The summed E-state index contributed by atoms with van der Waals surface area (Å²) in [5.74, 6) is 1.44. The summed E-state index contributed by atoms with van der Waals surface area (Å²) in [4.78, 5) is 31.4. The molecule has 0 saturated carbocycles. The minimum Gasteiger partial charge on any atom is -0.486 e. The third kappa shape index (κ3) is 6.10. The second-order valence-electron chi connectivity index (χ2n) is 9.08. The van der Waals surface area contributed by atoms with Gasteiger partial charge in [-0.1, -0.05) is 19.4 Å². The Morgan fingerprint density at radius 3 is 2.76 bits per heavy atom. The minimum atomic E-state index is -0.0686. The number of rotatable bonds is 9. The van der Waals surface area contributed by atoms with Crippen molar-refractivity contribution in [3.63, 3.8) is 0 Å². The first-order chi connectivity index (χ1) is 16.5. The molecular weight excluding hydrogens is 450 g/mol. The lowest BCUT2D eigenvalue weighted by atomic mass is 9.92. The van der Waals surface area contributed by atoms with E-state index in [2.05, 4.69) is 24.1 Å². The average Bonchev–Trinajstić information content (AvgIpc) is 3.37. The molecule has 0 radical (unpaired) electrons. The molecule has 3 heterocycles. The van der Waals surface area contributed by atoms with Gasteiger partial charge in [0.1, 0.15) is 13.2 Å². The standard InChI is InChI=1S/C26H35N3O4S/c1-3-4-11-27-26(31)20-8-7-19(2)28(16-20)18-25(30)29(17-22-6-5-14-34-22)21-9-10-23-24(15-21)33-13-12-32-23/h5-6,9-10,14-15,19-20H,3-4,7-8,11-13,16-18H2,1-2H3,(H,27,31). The Kier molecular flexibility index (Phi) is 8.45. The fraction of sp³-hybridized carbons (Fsp3) is 0.538. The molecule has 0 aliphatic carbocycles. The largest absolute Gasteiger partial charge is 0.486 e. The van der Waals surface area contributed by atoms with Crippen molar-refractivity contribution in [2.45, 2.75) is 52.1 Å². The molecule has 1 aromatic carbocycles. The first-order valence-electron chi connectivity index (χ1n) is 12.3. The Balaban J connectivity index is 1.48. The summed E-state index contributed by atoms with van der Waals surface area (Å²) in [6.07, 6.45) is 3.83. The van der Waals surface area contributed by atoms with E-state index < -0.39 is 0 Å². The van der Waals surface area contributed by atoms with Gasteiger partial charge in [-0.3, -0.25) is 14.5 Å². The van der Waals surface area contributed by atoms with Gasteiger partial charge < -0.3 is 19.7 Å². The highest BCUT2D eigenvalue weighted by molar-refractivity contribution is 7.09. The van der Waals surface area contributed by atoms with Crippen LogP contribution >= 0.6 is 11.3 Å². The van der Waals surface area contributed by atoms with Crippen molar-refractivity contribution in [2.24, 2.45) is 5.92 Å². The van der Waals surface area contributed by atoms with Crippen LogP contribution in [0.5, 0.6) is 11.5 Å². The van der Waals surface area contributed by atoms with E-state index >= 15 is 0 Å². The Bertz CT molecular complexity index is 965. The van der Waals surface area contributed by atoms with Crippen LogP contribution in [0.4, 0.5) is 5.69 Å². The molecular formula is C26H35N3O4S. The van der Waals surface area contributed by atoms with E-state index in [1.54, 1.807) is 11.3 Å². The molecule has 2 unspecified atom stereocenters. The number of nitrogens with one attached hydrogen (secondary N) is 1. The van der Waals surface area contributed by atoms with E-state index in [0.29, 0.717) is 37.8 Å². The fourth-order valence-electron chi connectivity index (χ4n) is 4.49. The molecule has 2 aliphatic heterocycles. The number of hydrogen-bond acceptors (Lipinski definition) is 6. The van der Waals surface area contributed by atoms with E-state index in [9.17, 15) is 9.59 Å². The predicted molar refractivity (Wildman–Crippen MR) is 135 cm³/mol. The summed E-state index contributed by atoms with van der Waals surface area (Å²) in [5.41, 5.74) is 0.793. The van der Waals surface area contributed by atoms with Crippen LogP contribution in [0.1, 0.15) is 44.4 Å². The Labute approximate surface area is 206 Å². The molecule has 2 amide bonds. The zero-order valence-electron chi connectivity index (χ0n) is 20.1. The van der Waals surface area contributed by atoms with Crippen LogP contribution in [0, 0.1) is 5.92 Å². The third-order valence-electron chi connectivity index (χ3n) is 6.58. The Morgan fingerprint density at radius 1 is 1.18 bits per heavy atom. The monoisotopic (exact) mass is 485 g/mol. The van der Waals surface area contributed by atoms with Crippen LogP contribution in [0.25, 0.3) is 0 Å². The average molecular weight is 486 g/mol. The minimum absolute atomic E-state index is 0.0176. The molecule has 2 aliphatic rings. The van der Waals surface area contributed by atoms with Gasteiger partial charge in [0.05, 0.1) is 19.0 Å². The lowest BCUT2D eigenvalue weighted by molar-refractivity contribution is -0.129. The predicted octanol–water partition coefficient (Wildman–Crippen LogP) is 4.07. The second kappa shape index (κ2) is 11.7. The first kappa shape index (κ1) is 24.5. The van der Waals surface area contributed by atoms with E-state index in [4.69, 9.17) is 9.47 Å². The highest BCUT2D eigenvalue weighted by Gasteiger charge is 2.32. The number of carbonyl (C=O) groups is 2. The lowest BCUT2D eigenvalue weighted by Gasteiger charge is -2.38. The second-order valence-corrected chi connectivity index (χ2v) is 10.1. The van der Waals surface area contributed by atoms with Gasteiger partial charge >= 0.3 is 0 Å². The number of thiophene rings is 1. The summed E-state index contributed by atoms with van der Waals surface area (Å²) in [6.45, 7) is 7.40. The van der Waals surface area contributed by atoms with E-state index in [1.165, 1.54) is 0 Å². The van der Waals surface area contributed by atoms with Gasteiger partial charge in [0.25, 0.3) is 0 Å². The molecule has 34 heavy (non-hydrogen) atoms. The zero-order valence-corrected chi connectivity index (χ0v) is 20.9. The number of piperidine rings is 1. The van der Waals surface area contributed by atoms with Crippen LogP contribution < -0.4 is 19.7 Å². The molecule has 0 bridgehead atoms. The Morgan fingerprint density at radius 2 is 2.00 bits per heavy atom. The molecule has 2 atom stereocenters. The number of likely N-dealkylation sites (tertiary alicyclic amines) is 1. The van der Waals surface area contributed by atoms with E-state index in [-0.39, 0.29) is 30.3 Å². The quantitative estimate of drug-likeness (QED) is 0.542. The van der Waals surface area contributed by atoms with Gasteiger partial charge in [-0.25, -0.2) is 0 Å². The number of benzene rings is 1. The molecule has 1 N–H and O–H groups in total. The van der Waals surface area contributed by atoms with Gasteiger partial charge in [0.2, 0.25) is 11.8 Å². The van der Waals surface area contributed by atoms with Crippen molar-refractivity contribution < 1.29 is 19.1 Å². The number of carbonyl (C=O) groups excluding carboxylic acids is 2. The molecule has 8 heteroatoms. The van der Waals surface area contributed by atoms with E-state index in [0.717, 1.165) is 42.8 Å². The molecule has 4 rings (SSSR count). The van der Waals surface area contributed by atoms with Crippen LogP contribution in [0.2, 0.25) is 0 Å². The normalized spacial score (nSPS) is 20.1. The van der Waals surface area contributed by atoms with Crippen molar-refractivity contribution in [1.29, 1.82) is 0 Å². The molecule has 1 fully saturated rings. The van der Waals surface area contributed by atoms with Gasteiger partial charge in [0.15, 0.2) is 11.5 Å². The number of unbranched alkanes of at least 4 members (excludes halogenated alkanes) is 1. The number of amides is 2. The summed E-state index contributed by atoms with van der Waals surface area (Å²) in [5, 5.41) is 5.09. The van der Waals surface area contributed by atoms with Gasteiger partial charge in [0, 0.05) is 35.8 Å². The highest BCUT2D eigenvalue weighted by Crippen LogP contribution is 2.35. The number of nitrogens with zero attached hydrogens (tertiary/aromatic N) is 2. The van der Waals surface area contributed by atoms with Crippen LogP contribution in [-0.4, -0.2) is 55.6 Å². The molecule has 7 nitrogen and oxygen atoms in total. The number of hydrogen-bond donors (Lipinski definition) is 1. The number of fused-ring (bicyclic) bond motifs is 1. The lowest BCUT2D eigenvalue weighted by Crippen LogP contribution is -2.50. The van der Waals surface area contributed by atoms with Crippen molar-refractivity contribution in [2.75, 3.05) is 37.7 Å². The molecule has 1 aromatic heterocycles. The molecule has 184 valence electrons. The smallest absolute Gasteiger partial charge is 0.241 e. The maximum Gasteiger partial charge on any atom is 0.241 e. The SMILES string of the molecule is CCCCNC(=O)C1CCC(C)N(CC(=O)N(Cc2cccs2)c2ccc3c(c2)OCCO3)C1. The highest BCUT2D eigenvalue weighted by atomic mass is 32.1. The number of anilines is 1. The van der Waals surface area contributed by atoms with E-state index in [1.807, 2.05) is 40.6 Å². The van der Waals surface area contributed by atoms with Crippen LogP contribution in [-0.2, 0) is 16.1 Å². The van der Waals surface area contributed by atoms with Crippen LogP contribution in [0.15, 0.2) is 35.7 Å². The van der Waals surface area contributed by atoms with Crippen molar-refractivity contribution >= 4 is 28.8 Å². The van der Waals surface area contributed by atoms with Gasteiger partial charge in [-0.05, 0) is 49.8 Å². The summed E-state index contributed by atoms with van der Waals surface area (Å²) in [6, 6.07) is 9.99. The Hall–Kier alpha value is -2.58. The number of ether oxygens (including phenoxy) is 2. The molecule has 0 spiro atoms. The van der Waals surface area contributed by atoms with Crippen molar-refractivity contribution in [1.82, 2.24) is 10.2 Å². The van der Waals surface area contributed by atoms with Gasteiger partial charge in [-0.2, -0.15) is 0 Å². The van der Waals surface area contributed by atoms with Crippen molar-refractivity contribution in [3.8, 4) is 11.5 Å².